The average molecular weight is 511 g/mol. The monoisotopic (exact) mass is 510 g/mol. The van der Waals surface area contributed by atoms with Crippen LogP contribution in [0.5, 0.6) is 5.75 Å². The van der Waals surface area contributed by atoms with Gasteiger partial charge >= 0.3 is 0 Å². The zero-order chi connectivity index (χ0) is 22.4. The van der Waals surface area contributed by atoms with E-state index in [1.165, 1.54) is 15.9 Å². The Bertz CT molecular complexity index is 1480. The van der Waals surface area contributed by atoms with Gasteiger partial charge in [-0.15, -0.1) is 5.10 Å². The molecule has 0 spiro atoms. The van der Waals surface area contributed by atoms with Crippen LogP contribution in [0.15, 0.2) is 51.7 Å². The number of ether oxygens (including phenoxy) is 1. The van der Waals surface area contributed by atoms with Gasteiger partial charge in [-0.2, -0.15) is 9.50 Å². The number of thiazole rings is 1. The van der Waals surface area contributed by atoms with Gasteiger partial charge in [0.05, 0.1) is 23.9 Å². The second-order valence-corrected chi connectivity index (χ2v) is 9.31. The highest BCUT2D eigenvalue weighted by molar-refractivity contribution is 9.10. The fraction of sp³-hybridized carbons (Fsp3) is 0.217. The predicted molar refractivity (Wildman–Crippen MR) is 128 cm³/mol. The van der Waals surface area contributed by atoms with E-state index in [9.17, 15) is 9.59 Å². The second kappa shape index (κ2) is 8.14. The number of anilines is 1. The van der Waals surface area contributed by atoms with Crippen molar-refractivity contribution >= 4 is 49.4 Å². The fourth-order valence-electron chi connectivity index (χ4n) is 3.89. The van der Waals surface area contributed by atoms with Crippen LogP contribution in [0.4, 0.5) is 5.69 Å². The fourth-order valence-corrected chi connectivity index (χ4v) is 5.25. The van der Waals surface area contributed by atoms with Gasteiger partial charge in [0, 0.05) is 16.6 Å². The van der Waals surface area contributed by atoms with E-state index < -0.39 is 0 Å². The molecule has 9 heteroatoms. The Morgan fingerprint density at radius 2 is 1.94 bits per heavy atom. The number of aromatic nitrogens is 3. The number of carbonyl (C=O) groups is 1. The summed E-state index contributed by atoms with van der Waals surface area (Å²) < 4.78 is 7.87. The lowest BCUT2D eigenvalue weighted by molar-refractivity contribution is -0.113. The third-order valence-electron chi connectivity index (χ3n) is 5.45. The molecule has 1 aliphatic heterocycles. The summed E-state index contributed by atoms with van der Waals surface area (Å²) in [4.78, 5) is 33.4. The third-order valence-corrected chi connectivity index (χ3v) is 6.97. The van der Waals surface area contributed by atoms with Gasteiger partial charge in [-0.3, -0.25) is 9.59 Å². The minimum Gasteiger partial charge on any atom is -0.496 e. The topological polar surface area (TPSA) is 76.8 Å². The molecule has 1 aliphatic rings. The number of halogens is 1. The van der Waals surface area contributed by atoms with Crippen molar-refractivity contribution in [3.63, 3.8) is 0 Å². The highest BCUT2D eigenvalue weighted by atomic mass is 79.9. The number of rotatable bonds is 5. The first kappa shape index (κ1) is 20.8. The van der Waals surface area contributed by atoms with Gasteiger partial charge in [0.15, 0.2) is 5.82 Å². The molecule has 2 aromatic heterocycles. The Kier molecular flexibility index (Phi) is 5.30. The molecular formula is C23H19BrN4O3S. The lowest BCUT2D eigenvalue weighted by Crippen LogP contribution is -2.33. The molecule has 5 rings (SSSR count). The summed E-state index contributed by atoms with van der Waals surface area (Å²) in [6.45, 7) is 2.70. The number of unbranched alkanes of at least 4 members (excludes halogenated alkanes) is 1. The number of nitrogens with zero attached hydrogens (tertiary/aromatic N) is 4. The van der Waals surface area contributed by atoms with Crippen LogP contribution in [-0.2, 0) is 4.79 Å². The van der Waals surface area contributed by atoms with Gasteiger partial charge in [0.2, 0.25) is 4.96 Å². The molecule has 0 N–H and O–H groups in total. The molecule has 0 unspecified atom stereocenters. The number of hydrogen-bond acceptors (Lipinski definition) is 6. The van der Waals surface area contributed by atoms with E-state index in [4.69, 9.17) is 4.74 Å². The Morgan fingerprint density at radius 1 is 1.12 bits per heavy atom. The summed E-state index contributed by atoms with van der Waals surface area (Å²) in [5.41, 5.74) is 2.36. The number of amides is 1. The highest BCUT2D eigenvalue weighted by Crippen LogP contribution is 2.37. The molecular weight excluding hydrogens is 492 g/mol. The first-order valence-electron chi connectivity index (χ1n) is 10.2. The number of benzene rings is 2. The van der Waals surface area contributed by atoms with E-state index >= 15 is 0 Å². The van der Waals surface area contributed by atoms with Crippen LogP contribution in [-0.4, -0.2) is 34.2 Å². The lowest BCUT2D eigenvalue weighted by atomic mass is 10.1. The van der Waals surface area contributed by atoms with Crippen LogP contribution in [0, 0.1) is 0 Å². The van der Waals surface area contributed by atoms with Crippen LogP contribution in [0.2, 0.25) is 0 Å². The smallest absolute Gasteiger partial charge is 0.291 e. The zero-order valence-electron chi connectivity index (χ0n) is 17.5. The zero-order valence-corrected chi connectivity index (χ0v) is 19.9. The Balaban J connectivity index is 1.71. The van der Waals surface area contributed by atoms with E-state index in [0.717, 1.165) is 28.6 Å². The molecule has 0 bridgehead atoms. The van der Waals surface area contributed by atoms with Gasteiger partial charge in [0.25, 0.3) is 11.5 Å². The van der Waals surface area contributed by atoms with Crippen LogP contribution in [0.3, 0.4) is 0 Å². The molecule has 0 aliphatic carbocycles. The number of carbonyl (C=O) groups excluding carboxylic acids is 1. The van der Waals surface area contributed by atoms with Gasteiger partial charge < -0.3 is 9.64 Å². The normalized spacial score (nSPS) is 15.0. The first-order valence-corrected chi connectivity index (χ1v) is 11.8. The maximum Gasteiger partial charge on any atom is 0.291 e. The average Bonchev–Trinajstić information content (AvgIpc) is 3.42. The van der Waals surface area contributed by atoms with E-state index in [2.05, 4.69) is 32.9 Å². The molecule has 1 amide bonds. The van der Waals surface area contributed by atoms with Gasteiger partial charge in [-0.05, 0) is 36.8 Å². The molecule has 0 atom stereocenters. The minimum absolute atomic E-state index is 0.155. The molecule has 0 saturated carbocycles. The van der Waals surface area contributed by atoms with Crippen molar-refractivity contribution in [2.75, 3.05) is 18.6 Å². The van der Waals surface area contributed by atoms with E-state index in [1.54, 1.807) is 12.0 Å². The van der Waals surface area contributed by atoms with E-state index in [-0.39, 0.29) is 11.5 Å². The first-order chi connectivity index (χ1) is 15.5. The molecule has 0 saturated heterocycles. The number of para-hydroxylation sites is 1. The van der Waals surface area contributed by atoms with Crippen LogP contribution in [0.1, 0.15) is 25.3 Å². The van der Waals surface area contributed by atoms with Crippen LogP contribution in [0.25, 0.3) is 21.9 Å². The van der Waals surface area contributed by atoms with E-state index in [0.29, 0.717) is 38.7 Å². The Labute approximate surface area is 196 Å². The van der Waals surface area contributed by atoms with Crippen molar-refractivity contribution in [2.24, 2.45) is 0 Å². The Hall–Kier alpha value is -3.04. The molecule has 0 fully saturated rings. The lowest BCUT2D eigenvalue weighted by Gasteiger charge is -2.16. The van der Waals surface area contributed by atoms with Crippen LogP contribution < -0.4 is 19.7 Å². The predicted octanol–water partition coefficient (Wildman–Crippen LogP) is 3.65. The van der Waals surface area contributed by atoms with Crippen LogP contribution >= 0.6 is 27.3 Å². The second-order valence-electron chi connectivity index (χ2n) is 7.41. The number of fused-ring (bicyclic) bond motifs is 2. The summed E-state index contributed by atoms with van der Waals surface area (Å²) in [5.74, 6) is 0.884. The largest absolute Gasteiger partial charge is 0.496 e. The van der Waals surface area contributed by atoms with Crippen molar-refractivity contribution in [2.45, 2.75) is 19.8 Å². The maximum atomic E-state index is 13.4. The Morgan fingerprint density at radius 3 is 2.69 bits per heavy atom. The molecule has 2 aromatic carbocycles. The van der Waals surface area contributed by atoms with Crippen molar-refractivity contribution in [1.29, 1.82) is 0 Å². The van der Waals surface area contributed by atoms with Crippen molar-refractivity contribution in [3.8, 4) is 17.1 Å². The maximum absolute atomic E-state index is 13.4. The standard InChI is InChI=1S/C23H19BrN4O3S/c1-3-4-11-27-16-10-9-13(24)12-15(16)18(21(27)29)19-22(30)28-23(32-19)25-20(26-28)14-7-5-6-8-17(14)31-2/h5-10,12H,3-4,11H2,1-2H3/b19-18-. The summed E-state index contributed by atoms with van der Waals surface area (Å²) in [5, 5.41) is 4.43. The summed E-state index contributed by atoms with van der Waals surface area (Å²) in [7, 11) is 1.58. The molecule has 32 heavy (non-hydrogen) atoms. The molecule has 0 radical (unpaired) electrons. The SMILES string of the molecule is CCCCN1C(=O)/C(=c2\sc3nc(-c4ccccc4OC)nn3c2=O)c2cc(Br)ccc21. The minimum atomic E-state index is -0.342. The van der Waals surface area contributed by atoms with Gasteiger partial charge in [-0.1, -0.05) is 52.7 Å². The highest BCUT2D eigenvalue weighted by Gasteiger charge is 2.34. The summed E-state index contributed by atoms with van der Waals surface area (Å²) in [6.07, 6.45) is 1.86. The summed E-state index contributed by atoms with van der Waals surface area (Å²) in [6, 6.07) is 13.1. The third kappa shape index (κ3) is 3.23. The molecule has 4 aromatic rings. The van der Waals surface area contributed by atoms with E-state index in [1.807, 2.05) is 42.5 Å². The number of methoxy groups -OCH3 is 1. The van der Waals surface area contributed by atoms with Gasteiger partial charge in [-0.25, -0.2) is 0 Å². The molecule has 7 nitrogen and oxygen atoms in total. The van der Waals surface area contributed by atoms with Gasteiger partial charge in [0.1, 0.15) is 10.3 Å². The quantitative estimate of drug-likeness (QED) is 0.409. The van der Waals surface area contributed by atoms with Crippen molar-refractivity contribution in [3.05, 3.63) is 67.4 Å². The summed E-state index contributed by atoms with van der Waals surface area (Å²) >= 11 is 4.68. The molecule has 162 valence electrons. The molecule has 3 heterocycles. The number of hydrogen-bond donors (Lipinski definition) is 0. The van der Waals surface area contributed by atoms with Crippen molar-refractivity contribution in [1.82, 2.24) is 14.6 Å². The van der Waals surface area contributed by atoms with Crippen molar-refractivity contribution < 1.29 is 9.53 Å².